The fourth-order valence-corrected chi connectivity index (χ4v) is 5.08. The summed E-state index contributed by atoms with van der Waals surface area (Å²) in [6, 6.07) is 16.7. The highest BCUT2D eigenvalue weighted by molar-refractivity contribution is 6.51. The van der Waals surface area contributed by atoms with Gasteiger partial charge in [-0.2, -0.15) is 5.10 Å². The first-order valence-electron chi connectivity index (χ1n) is 10.2. The van der Waals surface area contributed by atoms with Crippen LogP contribution in [0.25, 0.3) is 0 Å². The zero-order valence-electron chi connectivity index (χ0n) is 17.8. The minimum atomic E-state index is -1.17. The lowest BCUT2D eigenvalue weighted by Crippen LogP contribution is -2.47. The number of nitrogens with one attached hydrogen (secondary N) is 2. The molecule has 2 fully saturated rings. The number of hydrazone groups is 1. The summed E-state index contributed by atoms with van der Waals surface area (Å²) in [5.74, 6) is 0.0682. The second-order valence-electron chi connectivity index (χ2n) is 8.78. The van der Waals surface area contributed by atoms with Crippen molar-refractivity contribution in [2.24, 2.45) is 21.3 Å². The Bertz CT molecular complexity index is 1030. The molecular weight excluding hydrogens is 378 g/mol. The average Bonchev–Trinajstić information content (AvgIpc) is 3.02. The van der Waals surface area contributed by atoms with Crippen LogP contribution < -0.4 is 15.5 Å². The predicted molar refractivity (Wildman–Crippen MR) is 118 cm³/mol. The van der Waals surface area contributed by atoms with Crippen molar-refractivity contribution in [3.63, 3.8) is 0 Å². The molecule has 0 spiro atoms. The number of ketones is 1. The van der Waals surface area contributed by atoms with E-state index >= 15 is 0 Å². The van der Waals surface area contributed by atoms with Gasteiger partial charge in [-0.15, -0.1) is 0 Å². The first-order valence-corrected chi connectivity index (χ1v) is 10.2. The highest BCUT2D eigenvalue weighted by atomic mass is 16.5. The molecule has 30 heavy (non-hydrogen) atoms. The van der Waals surface area contributed by atoms with E-state index in [1.165, 1.54) is 0 Å². The summed E-state index contributed by atoms with van der Waals surface area (Å²) in [4.78, 5) is 27.2. The molecule has 6 nitrogen and oxygen atoms in total. The monoisotopic (exact) mass is 405 g/mol. The normalized spacial score (nSPS) is 27.9. The van der Waals surface area contributed by atoms with Crippen molar-refractivity contribution in [1.29, 1.82) is 0 Å². The van der Waals surface area contributed by atoms with Crippen LogP contribution in [-0.4, -0.2) is 24.5 Å². The molecule has 2 saturated carbocycles. The Morgan fingerprint density at radius 3 is 2.37 bits per heavy atom. The largest absolute Gasteiger partial charge is 0.495 e. The summed E-state index contributed by atoms with van der Waals surface area (Å²) in [6.45, 7) is 6.05. The molecule has 2 atom stereocenters. The number of rotatable bonds is 5. The number of benzene rings is 2. The summed E-state index contributed by atoms with van der Waals surface area (Å²) in [5.41, 5.74) is 2.56. The van der Waals surface area contributed by atoms with Crippen LogP contribution in [0.5, 0.6) is 5.75 Å². The van der Waals surface area contributed by atoms with Gasteiger partial charge in [0.2, 0.25) is 5.91 Å². The third kappa shape index (κ3) is 2.59. The van der Waals surface area contributed by atoms with E-state index in [4.69, 9.17) is 4.74 Å². The molecule has 1 amide bonds. The quantitative estimate of drug-likeness (QED) is 0.567. The van der Waals surface area contributed by atoms with Gasteiger partial charge in [0.25, 0.3) is 0 Å². The maximum Gasteiger partial charge on any atom is 0.239 e. The highest BCUT2D eigenvalue weighted by Crippen LogP contribution is 2.69. The lowest BCUT2D eigenvalue weighted by atomic mass is 9.64. The molecule has 0 saturated heterocycles. The summed E-state index contributed by atoms with van der Waals surface area (Å²) in [7, 11) is 1.56. The maximum atomic E-state index is 13.7. The number of nitrogens with zero attached hydrogens (tertiary/aromatic N) is 1. The number of hydrogen-bond donors (Lipinski definition) is 2. The molecule has 6 heteroatoms. The van der Waals surface area contributed by atoms with Gasteiger partial charge in [-0.05, 0) is 42.5 Å². The number of fused-ring (bicyclic) bond motifs is 2. The van der Waals surface area contributed by atoms with Crippen LogP contribution in [0.2, 0.25) is 0 Å². The number of Topliss-reactive ketones (excluding diaryl/α,β-unsaturated/α-hetero) is 1. The Hall–Kier alpha value is -3.15. The van der Waals surface area contributed by atoms with Crippen LogP contribution in [0.15, 0.2) is 59.7 Å². The molecule has 156 valence electrons. The van der Waals surface area contributed by atoms with Crippen molar-refractivity contribution in [3.05, 3.63) is 54.6 Å². The van der Waals surface area contributed by atoms with Crippen molar-refractivity contribution in [2.75, 3.05) is 17.9 Å². The van der Waals surface area contributed by atoms with Crippen LogP contribution in [0.4, 0.5) is 11.4 Å². The second kappa shape index (κ2) is 6.97. The van der Waals surface area contributed by atoms with Crippen LogP contribution in [0, 0.1) is 16.2 Å². The minimum Gasteiger partial charge on any atom is -0.495 e. The van der Waals surface area contributed by atoms with Gasteiger partial charge in [-0.3, -0.25) is 15.0 Å². The second-order valence-corrected chi connectivity index (χ2v) is 8.78. The molecule has 4 rings (SSSR count). The Balaban J connectivity index is 1.70. The number of para-hydroxylation sites is 3. The standard InChI is InChI=1S/C24H27N3O3/c1-22(2)23(3)14-15-24(22,21(29)25-17-12-8-9-13-18(17)30-4)20(28)19(23)27-26-16-10-6-5-7-11-16/h5-13,26H,14-15H2,1-4H3,(H,25,29)/b27-19+. The summed E-state index contributed by atoms with van der Waals surface area (Å²) in [6.07, 6.45) is 1.22. The molecule has 2 aromatic rings. The van der Waals surface area contributed by atoms with Gasteiger partial charge in [0.05, 0.1) is 18.5 Å². The fraction of sp³-hybridized carbons (Fsp3) is 0.375. The number of carbonyl (C=O) groups is 2. The fourth-order valence-electron chi connectivity index (χ4n) is 5.08. The zero-order valence-corrected chi connectivity index (χ0v) is 17.8. The molecule has 0 radical (unpaired) electrons. The molecular formula is C24H27N3O3. The third-order valence-electron chi connectivity index (χ3n) is 7.39. The van der Waals surface area contributed by atoms with Gasteiger partial charge in [-0.25, -0.2) is 0 Å². The van der Waals surface area contributed by atoms with E-state index in [0.29, 0.717) is 23.6 Å². The molecule has 2 N–H and O–H groups in total. The van der Waals surface area contributed by atoms with Crippen molar-refractivity contribution >= 4 is 28.8 Å². The first-order chi connectivity index (χ1) is 14.3. The Labute approximate surface area is 176 Å². The molecule has 0 heterocycles. The van der Waals surface area contributed by atoms with Gasteiger partial charge in [0, 0.05) is 5.41 Å². The van der Waals surface area contributed by atoms with Gasteiger partial charge in [0.15, 0.2) is 5.78 Å². The third-order valence-corrected chi connectivity index (χ3v) is 7.39. The molecule has 2 aromatic carbocycles. The van der Waals surface area contributed by atoms with Gasteiger partial charge < -0.3 is 10.1 Å². The molecule has 2 aliphatic carbocycles. The van der Waals surface area contributed by atoms with Crippen molar-refractivity contribution in [1.82, 2.24) is 0 Å². The predicted octanol–water partition coefficient (Wildman–Crippen LogP) is 4.50. The van der Waals surface area contributed by atoms with E-state index in [9.17, 15) is 9.59 Å². The zero-order chi connectivity index (χ0) is 21.6. The number of methoxy groups -OCH3 is 1. The van der Waals surface area contributed by atoms with E-state index in [0.717, 1.165) is 12.1 Å². The van der Waals surface area contributed by atoms with Crippen LogP contribution >= 0.6 is 0 Å². The number of amides is 1. The van der Waals surface area contributed by atoms with E-state index < -0.39 is 16.2 Å². The number of anilines is 2. The van der Waals surface area contributed by atoms with Gasteiger partial charge >= 0.3 is 0 Å². The van der Waals surface area contributed by atoms with Gasteiger partial charge in [-0.1, -0.05) is 51.1 Å². The SMILES string of the molecule is COc1ccccc1NC(=O)C12CCC(C)(/C(=N/Nc3ccccc3)C1=O)C2(C)C. The first kappa shape index (κ1) is 20.1. The summed E-state index contributed by atoms with van der Waals surface area (Å²) in [5, 5.41) is 7.46. The molecule has 2 bridgehead atoms. The van der Waals surface area contributed by atoms with Crippen LogP contribution in [0.3, 0.4) is 0 Å². The smallest absolute Gasteiger partial charge is 0.239 e. The summed E-state index contributed by atoms with van der Waals surface area (Å²) >= 11 is 0. The van der Waals surface area contributed by atoms with E-state index in [-0.39, 0.29) is 11.7 Å². The van der Waals surface area contributed by atoms with E-state index in [1.54, 1.807) is 19.2 Å². The molecule has 2 aliphatic rings. The molecule has 2 unspecified atom stereocenters. The topological polar surface area (TPSA) is 79.8 Å². The Morgan fingerprint density at radius 1 is 1.00 bits per heavy atom. The van der Waals surface area contributed by atoms with Crippen molar-refractivity contribution in [3.8, 4) is 5.75 Å². The minimum absolute atomic E-state index is 0.197. The number of carbonyl (C=O) groups excluding carboxylic acids is 2. The number of hydrogen-bond acceptors (Lipinski definition) is 5. The summed E-state index contributed by atoms with van der Waals surface area (Å²) < 4.78 is 5.36. The average molecular weight is 405 g/mol. The lowest BCUT2D eigenvalue weighted by molar-refractivity contribution is -0.140. The van der Waals surface area contributed by atoms with Crippen molar-refractivity contribution < 1.29 is 14.3 Å². The lowest BCUT2D eigenvalue weighted by Gasteiger charge is -2.37. The van der Waals surface area contributed by atoms with Crippen molar-refractivity contribution in [2.45, 2.75) is 33.6 Å². The Morgan fingerprint density at radius 2 is 1.67 bits per heavy atom. The highest BCUT2D eigenvalue weighted by Gasteiger charge is 2.76. The van der Waals surface area contributed by atoms with Crippen LogP contribution in [-0.2, 0) is 9.59 Å². The van der Waals surface area contributed by atoms with E-state index in [1.807, 2.05) is 63.2 Å². The molecule has 0 aliphatic heterocycles. The Kier molecular flexibility index (Phi) is 4.68. The van der Waals surface area contributed by atoms with Crippen LogP contribution in [0.1, 0.15) is 33.6 Å². The van der Waals surface area contributed by atoms with E-state index in [2.05, 4.69) is 15.8 Å². The van der Waals surface area contributed by atoms with Gasteiger partial charge in [0.1, 0.15) is 16.9 Å². The number of ether oxygens (including phenoxy) is 1. The molecule has 0 aromatic heterocycles. The maximum absolute atomic E-state index is 13.7.